The number of nitrogens with one attached hydrogen (secondary N) is 4. The highest BCUT2D eigenvalue weighted by Gasteiger charge is 2.09. The molecule has 1 heterocycles. The van der Waals surface area contributed by atoms with E-state index in [2.05, 4.69) is 45.2 Å². The lowest BCUT2D eigenvalue weighted by atomic mass is 10.2. The van der Waals surface area contributed by atoms with Gasteiger partial charge in [-0.1, -0.05) is 0 Å². The first-order valence-electron chi connectivity index (χ1n) is 9.48. The van der Waals surface area contributed by atoms with E-state index in [-0.39, 0.29) is 12.2 Å². The van der Waals surface area contributed by atoms with Gasteiger partial charge in [0, 0.05) is 43.5 Å². The second kappa shape index (κ2) is 11.2. The minimum absolute atomic E-state index is 0.100. The zero-order chi connectivity index (χ0) is 21.9. The molecule has 30 heavy (non-hydrogen) atoms. The van der Waals surface area contributed by atoms with Crippen molar-refractivity contribution >= 4 is 29.1 Å². The Bertz CT molecular complexity index is 852. The van der Waals surface area contributed by atoms with E-state index < -0.39 is 16.9 Å². The molecule has 0 atom stereocenters. The summed E-state index contributed by atoms with van der Waals surface area (Å²) in [6.07, 6.45) is 1.15. The van der Waals surface area contributed by atoms with Crippen LogP contribution in [0.2, 0.25) is 0 Å². The normalized spacial score (nSPS) is 10.1. The summed E-state index contributed by atoms with van der Waals surface area (Å²) >= 11 is 0. The van der Waals surface area contributed by atoms with E-state index in [4.69, 9.17) is 0 Å². The number of nitrogens with zero attached hydrogens (tertiary/aromatic N) is 3. The lowest BCUT2D eigenvalue weighted by molar-refractivity contribution is -0.385. The van der Waals surface area contributed by atoms with Crippen molar-refractivity contribution in [3.05, 3.63) is 58.3 Å². The smallest absolute Gasteiger partial charge is 0.333 e. The Balaban J connectivity index is 1.68. The van der Waals surface area contributed by atoms with Crippen molar-refractivity contribution in [3.63, 3.8) is 0 Å². The molecule has 11 heteroatoms. The predicted molar refractivity (Wildman–Crippen MR) is 113 cm³/mol. The fourth-order valence-corrected chi connectivity index (χ4v) is 2.61. The maximum atomic E-state index is 12.1. The highest BCUT2D eigenvalue weighted by atomic mass is 16.6. The molecule has 4 N–H and O–H groups in total. The maximum Gasteiger partial charge on any atom is 0.333 e. The molecule has 0 spiro atoms. The zero-order valence-corrected chi connectivity index (χ0v) is 16.8. The molecule has 0 aliphatic carbocycles. The number of hydrogen-bond donors (Lipinski definition) is 4. The molecule has 0 saturated carbocycles. The average Bonchev–Trinajstić information content (AvgIpc) is 2.76. The molecule has 0 unspecified atom stereocenters. The van der Waals surface area contributed by atoms with Crippen molar-refractivity contribution in [2.24, 2.45) is 0 Å². The summed E-state index contributed by atoms with van der Waals surface area (Å²) in [6, 6.07) is 9.36. The van der Waals surface area contributed by atoms with Gasteiger partial charge < -0.3 is 15.5 Å². The Labute approximate surface area is 174 Å². The second-order valence-electron chi connectivity index (χ2n) is 6.14. The number of benzene rings is 1. The van der Waals surface area contributed by atoms with Crippen LogP contribution in [-0.4, -0.2) is 48.0 Å². The molecule has 0 bridgehead atoms. The Morgan fingerprint density at radius 1 is 1.03 bits per heavy atom. The molecule has 1 aromatic carbocycles. The average molecular weight is 415 g/mol. The summed E-state index contributed by atoms with van der Waals surface area (Å²) in [4.78, 5) is 40.0. The van der Waals surface area contributed by atoms with Crippen LogP contribution in [-0.2, 0) is 0 Å². The van der Waals surface area contributed by atoms with Crippen molar-refractivity contribution in [1.82, 2.24) is 21.2 Å². The van der Waals surface area contributed by atoms with Crippen molar-refractivity contribution in [3.8, 4) is 0 Å². The van der Waals surface area contributed by atoms with Crippen LogP contribution in [0.5, 0.6) is 0 Å². The van der Waals surface area contributed by atoms with Gasteiger partial charge in [-0.25, -0.2) is 15.2 Å². The number of amides is 3. The van der Waals surface area contributed by atoms with Crippen LogP contribution < -0.4 is 26.4 Å². The van der Waals surface area contributed by atoms with Crippen molar-refractivity contribution in [2.45, 2.75) is 13.8 Å². The van der Waals surface area contributed by atoms with Crippen molar-refractivity contribution in [1.29, 1.82) is 0 Å². The number of carbonyl (C=O) groups is 2. The first-order valence-corrected chi connectivity index (χ1v) is 9.48. The monoisotopic (exact) mass is 415 g/mol. The third-order valence-corrected chi connectivity index (χ3v) is 4.22. The number of urea groups is 1. The number of carbonyl (C=O) groups excluding carboxylic acids is 2. The SMILES string of the molecule is CCN(CC)c1ccc(C(=O)NNC(=O)NCCNc2ccc([N+](=O)[O-])cn2)cc1. The Kier molecular flexibility index (Phi) is 8.36. The van der Waals surface area contributed by atoms with E-state index in [0.29, 0.717) is 17.9 Å². The van der Waals surface area contributed by atoms with Crippen LogP contribution in [0, 0.1) is 10.1 Å². The van der Waals surface area contributed by atoms with Crippen molar-refractivity contribution < 1.29 is 14.5 Å². The lowest BCUT2D eigenvalue weighted by Crippen LogP contribution is -2.47. The maximum absolute atomic E-state index is 12.1. The van der Waals surface area contributed by atoms with Crippen LogP contribution in [0.3, 0.4) is 0 Å². The summed E-state index contributed by atoms with van der Waals surface area (Å²) in [5.74, 6) is 0.0220. The van der Waals surface area contributed by atoms with Gasteiger partial charge in [-0.3, -0.25) is 20.3 Å². The van der Waals surface area contributed by atoms with Crippen LogP contribution in [0.15, 0.2) is 42.6 Å². The first-order chi connectivity index (χ1) is 14.4. The molecule has 0 fully saturated rings. The van der Waals surface area contributed by atoms with Gasteiger partial charge in [0.1, 0.15) is 12.0 Å². The first kappa shape index (κ1) is 22.4. The molecular weight excluding hydrogens is 390 g/mol. The van der Waals surface area contributed by atoms with Gasteiger partial charge in [-0.05, 0) is 44.2 Å². The van der Waals surface area contributed by atoms with Crippen LogP contribution >= 0.6 is 0 Å². The lowest BCUT2D eigenvalue weighted by Gasteiger charge is -2.21. The predicted octanol–water partition coefficient (Wildman–Crippen LogP) is 1.89. The molecule has 0 saturated heterocycles. The number of rotatable bonds is 9. The van der Waals surface area contributed by atoms with Gasteiger partial charge in [0.15, 0.2) is 0 Å². The number of aromatic nitrogens is 1. The molecule has 11 nitrogen and oxygen atoms in total. The molecule has 0 radical (unpaired) electrons. The molecule has 1 aromatic heterocycles. The third kappa shape index (κ3) is 6.62. The highest BCUT2D eigenvalue weighted by molar-refractivity contribution is 5.95. The fraction of sp³-hybridized carbons (Fsp3) is 0.316. The minimum Gasteiger partial charge on any atom is -0.372 e. The Morgan fingerprint density at radius 3 is 2.30 bits per heavy atom. The molecule has 2 aromatic rings. The van der Waals surface area contributed by atoms with E-state index >= 15 is 0 Å². The number of pyridine rings is 1. The summed E-state index contributed by atoms with van der Waals surface area (Å²) in [7, 11) is 0. The molecule has 160 valence electrons. The van der Waals surface area contributed by atoms with E-state index in [0.717, 1.165) is 25.0 Å². The van der Waals surface area contributed by atoms with E-state index in [1.165, 1.54) is 12.1 Å². The van der Waals surface area contributed by atoms with Crippen LogP contribution in [0.1, 0.15) is 24.2 Å². The molecule has 0 aliphatic heterocycles. The number of hydrogen-bond acceptors (Lipinski definition) is 7. The summed E-state index contributed by atoms with van der Waals surface area (Å²) in [6.45, 7) is 6.46. The number of anilines is 2. The number of nitro groups is 1. The summed E-state index contributed by atoms with van der Waals surface area (Å²) in [5, 5.41) is 16.0. The highest BCUT2D eigenvalue weighted by Crippen LogP contribution is 2.14. The van der Waals surface area contributed by atoms with Gasteiger partial charge in [-0.15, -0.1) is 0 Å². The fourth-order valence-electron chi connectivity index (χ4n) is 2.61. The van der Waals surface area contributed by atoms with Gasteiger partial charge in [0.2, 0.25) is 0 Å². The van der Waals surface area contributed by atoms with Gasteiger partial charge >= 0.3 is 6.03 Å². The molecular formula is C19H25N7O4. The van der Waals surface area contributed by atoms with E-state index in [1.54, 1.807) is 12.1 Å². The van der Waals surface area contributed by atoms with Gasteiger partial charge in [0.25, 0.3) is 11.6 Å². The Morgan fingerprint density at radius 2 is 1.73 bits per heavy atom. The number of hydrazine groups is 1. The van der Waals surface area contributed by atoms with Crippen LogP contribution in [0.4, 0.5) is 22.0 Å². The third-order valence-electron chi connectivity index (χ3n) is 4.22. The Hall–Kier alpha value is -3.89. The van der Waals surface area contributed by atoms with E-state index in [1.807, 2.05) is 12.1 Å². The largest absolute Gasteiger partial charge is 0.372 e. The van der Waals surface area contributed by atoms with Crippen molar-refractivity contribution in [2.75, 3.05) is 36.4 Å². The van der Waals surface area contributed by atoms with E-state index in [9.17, 15) is 19.7 Å². The topological polar surface area (TPSA) is 142 Å². The standard InChI is InChI=1S/C19H25N7O4/c1-3-25(4-2)15-7-5-14(6-8-15)18(27)23-24-19(28)21-12-11-20-17-10-9-16(13-22-17)26(29)30/h5-10,13H,3-4,11-12H2,1-2H3,(H,20,22)(H,23,27)(H2,21,24,28). The van der Waals surface area contributed by atoms with Gasteiger partial charge in [0.05, 0.1) is 4.92 Å². The quantitative estimate of drug-likeness (QED) is 0.278. The van der Waals surface area contributed by atoms with Crippen LogP contribution in [0.25, 0.3) is 0 Å². The minimum atomic E-state index is -0.568. The second-order valence-corrected chi connectivity index (χ2v) is 6.14. The molecule has 3 amide bonds. The zero-order valence-electron chi connectivity index (χ0n) is 16.8. The van der Waals surface area contributed by atoms with Gasteiger partial charge in [-0.2, -0.15) is 0 Å². The molecule has 0 aliphatic rings. The summed E-state index contributed by atoms with van der Waals surface area (Å²) < 4.78 is 0. The summed E-state index contributed by atoms with van der Waals surface area (Å²) in [5.41, 5.74) is 5.97. The molecule has 2 rings (SSSR count).